The molecule has 3 rings (SSSR count). The van der Waals surface area contributed by atoms with Crippen molar-refractivity contribution < 1.29 is 23.8 Å². The molecule has 0 atom stereocenters. The first kappa shape index (κ1) is 21.6. The lowest BCUT2D eigenvalue weighted by Crippen LogP contribution is -2.22. The van der Waals surface area contributed by atoms with Gasteiger partial charge in [-0.1, -0.05) is 41.1 Å². The highest BCUT2D eigenvalue weighted by atomic mass is 35.5. The van der Waals surface area contributed by atoms with Gasteiger partial charge in [0.15, 0.2) is 16.3 Å². The smallest absolute Gasteiger partial charge is 0.325 e. The van der Waals surface area contributed by atoms with Gasteiger partial charge in [-0.25, -0.2) is 0 Å². The molecular weight excluding hydrogens is 428 g/mol. The molecule has 0 fully saturated rings. The van der Waals surface area contributed by atoms with Gasteiger partial charge in [0.05, 0.1) is 31.5 Å². The van der Waals surface area contributed by atoms with Crippen molar-refractivity contribution in [2.45, 2.75) is 6.54 Å². The van der Waals surface area contributed by atoms with Crippen LogP contribution in [0.3, 0.4) is 0 Å². The van der Waals surface area contributed by atoms with Gasteiger partial charge in [0.2, 0.25) is 0 Å². The third-order valence-corrected chi connectivity index (χ3v) is 5.60. The molecule has 1 aromatic heterocycles. The average Bonchev–Trinajstić information content (AvgIpc) is 3.07. The van der Waals surface area contributed by atoms with Crippen molar-refractivity contribution in [2.75, 3.05) is 21.3 Å². The van der Waals surface area contributed by atoms with E-state index in [2.05, 4.69) is 4.99 Å². The quantitative estimate of drug-likeness (QED) is 0.426. The van der Waals surface area contributed by atoms with Crippen LogP contribution in [0.15, 0.2) is 47.5 Å². The lowest BCUT2D eigenvalue weighted by Gasteiger charge is -2.08. The maximum Gasteiger partial charge on any atom is 0.325 e. The maximum atomic E-state index is 12.5. The number of benzene rings is 2. The summed E-state index contributed by atoms with van der Waals surface area (Å²) in [5.41, 5.74) is 1.38. The summed E-state index contributed by atoms with van der Waals surface area (Å²) in [4.78, 5) is 28.9. The predicted molar refractivity (Wildman–Crippen MR) is 116 cm³/mol. The van der Waals surface area contributed by atoms with Crippen LogP contribution in [0, 0.1) is 0 Å². The summed E-state index contributed by atoms with van der Waals surface area (Å²) in [6.45, 7) is -0.105. The normalized spacial score (nSPS) is 11.8. The Kier molecular flexibility index (Phi) is 6.91. The van der Waals surface area contributed by atoms with Crippen LogP contribution in [0.2, 0.25) is 5.02 Å². The second-order valence-electron chi connectivity index (χ2n) is 6.03. The van der Waals surface area contributed by atoms with E-state index in [-0.39, 0.29) is 6.54 Å². The summed E-state index contributed by atoms with van der Waals surface area (Å²) < 4.78 is 17.9. The van der Waals surface area contributed by atoms with E-state index in [1.165, 1.54) is 38.7 Å². The zero-order valence-corrected chi connectivity index (χ0v) is 18.1. The first-order valence-electron chi connectivity index (χ1n) is 8.80. The second kappa shape index (κ2) is 9.60. The Bertz CT molecular complexity index is 1200. The van der Waals surface area contributed by atoms with Crippen LogP contribution in [-0.4, -0.2) is 37.8 Å². The number of fused-ring (bicyclic) bond motifs is 1. The summed E-state index contributed by atoms with van der Waals surface area (Å²) in [6.07, 6.45) is 2.92. The fourth-order valence-corrected chi connectivity index (χ4v) is 3.98. The van der Waals surface area contributed by atoms with Crippen molar-refractivity contribution in [1.29, 1.82) is 0 Å². The van der Waals surface area contributed by atoms with Crippen molar-refractivity contribution in [3.8, 4) is 11.5 Å². The standard InChI is InChI=1S/C21H19ClN2O5S/c1-27-16-10-15-18(11-17(16)28-2)30-21(24(15)12-20(26)29-3)23-19(25)9-8-13-6-4-5-7-14(13)22/h4-11H,12H2,1-3H3/b9-8+,23-21?. The molecule has 0 aliphatic rings. The molecule has 2 aromatic carbocycles. The van der Waals surface area contributed by atoms with E-state index >= 15 is 0 Å². The van der Waals surface area contributed by atoms with Gasteiger partial charge in [-0.2, -0.15) is 4.99 Å². The van der Waals surface area contributed by atoms with Crippen LogP contribution in [0.5, 0.6) is 11.5 Å². The number of esters is 1. The molecule has 30 heavy (non-hydrogen) atoms. The molecule has 0 aliphatic heterocycles. The third-order valence-electron chi connectivity index (χ3n) is 4.22. The van der Waals surface area contributed by atoms with Gasteiger partial charge in [0.25, 0.3) is 5.91 Å². The number of hydrogen-bond acceptors (Lipinski definition) is 6. The average molecular weight is 447 g/mol. The second-order valence-corrected chi connectivity index (χ2v) is 7.44. The van der Waals surface area contributed by atoms with Crippen molar-refractivity contribution in [1.82, 2.24) is 4.57 Å². The molecule has 1 heterocycles. The number of ether oxygens (including phenoxy) is 3. The highest BCUT2D eigenvalue weighted by Crippen LogP contribution is 2.33. The number of carbonyl (C=O) groups is 2. The Morgan fingerprint density at radius 2 is 1.83 bits per heavy atom. The van der Waals surface area contributed by atoms with Gasteiger partial charge in [-0.05, 0) is 17.7 Å². The number of hydrogen-bond donors (Lipinski definition) is 0. The van der Waals surface area contributed by atoms with Crippen molar-refractivity contribution in [3.05, 3.63) is 57.9 Å². The van der Waals surface area contributed by atoms with E-state index < -0.39 is 11.9 Å². The molecule has 0 saturated carbocycles. The lowest BCUT2D eigenvalue weighted by atomic mass is 10.2. The van der Waals surface area contributed by atoms with Crippen molar-refractivity contribution >= 4 is 51.1 Å². The van der Waals surface area contributed by atoms with E-state index in [0.29, 0.717) is 32.4 Å². The fourth-order valence-electron chi connectivity index (χ4n) is 2.73. The first-order valence-corrected chi connectivity index (χ1v) is 9.99. The van der Waals surface area contributed by atoms with Crippen molar-refractivity contribution in [3.63, 3.8) is 0 Å². The predicted octanol–water partition coefficient (Wildman–Crippen LogP) is 3.69. The van der Waals surface area contributed by atoms with E-state index in [4.69, 9.17) is 25.8 Å². The number of amides is 1. The lowest BCUT2D eigenvalue weighted by molar-refractivity contribution is -0.141. The van der Waals surface area contributed by atoms with Gasteiger partial charge in [0, 0.05) is 23.2 Å². The molecule has 0 bridgehead atoms. The summed E-state index contributed by atoms with van der Waals surface area (Å²) in [7, 11) is 4.36. The van der Waals surface area contributed by atoms with Gasteiger partial charge in [0.1, 0.15) is 6.54 Å². The van der Waals surface area contributed by atoms with E-state index in [0.717, 1.165) is 4.70 Å². The summed E-state index contributed by atoms with van der Waals surface area (Å²) in [5.74, 6) is 0.0786. The Morgan fingerprint density at radius 3 is 2.50 bits per heavy atom. The van der Waals surface area contributed by atoms with Crippen molar-refractivity contribution in [2.24, 2.45) is 4.99 Å². The minimum atomic E-state index is -0.487. The van der Waals surface area contributed by atoms with Crippen LogP contribution in [0.4, 0.5) is 0 Å². The minimum absolute atomic E-state index is 0.105. The van der Waals surface area contributed by atoms with Gasteiger partial charge in [-0.3, -0.25) is 9.59 Å². The number of aromatic nitrogens is 1. The number of thiazole rings is 1. The monoisotopic (exact) mass is 446 g/mol. The SMILES string of the molecule is COC(=O)Cn1c(=NC(=O)/C=C/c2ccccc2Cl)sc2cc(OC)c(OC)cc21. The molecular formula is C21H19ClN2O5S. The van der Waals surface area contributed by atoms with Crippen LogP contribution in [0.25, 0.3) is 16.3 Å². The van der Waals surface area contributed by atoms with E-state index in [1.54, 1.807) is 41.0 Å². The van der Waals surface area contributed by atoms with Crippen LogP contribution in [0.1, 0.15) is 5.56 Å². The molecule has 9 heteroatoms. The van der Waals surface area contributed by atoms with Crippen LogP contribution in [-0.2, 0) is 20.9 Å². The highest BCUT2D eigenvalue weighted by molar-refractivity contribution is 7.16. The first-order chi connectivity index (χ1) is 14.5. The molecule has 0 radical (unpaired) electrons. The molecule has 0 aliphatic carbocycles. The van der Waals surface area contributed by atoms with Crippen LogP contribution >= 0.6 is 22.9 Å². The fraction of sp³-hybridized carbons (Fsp3) is 0.190. The summed E-state index contributed by atoms with van der Waals surface area (Å²) in [6, 6.07) is 10.7. The van der Waals surface area contributed by atoms with Gasteiger partial charge in [-0.15, -0.1) is 0 Å². The number of carbonyl (C=O) groups excluding carboxylic acids is 2. The molecule has 156 valence electrons. The van der Waals surface area contributed by atoms with Gasteiger partial charge < -0.3 is 18.8 Å². The Labute approximate surface area is 181 Å². The number of halogens is 1. The number of methoxy groups -OCH3 is 3. The summed E-state index contributed by atoms with van der Waals surface area (Å²) >= 11 is 7.36. The zero-order chi connectivity index (χ0) is 21.7. The number of nitrogens with zero attached hydrogens (tertiary/aromatic N) is 2. The molecule has 1 amide bonds. The zero-order valence-electron chi connectivity index (χ0n) is 16.5. The van der Waals surface area contributed by atoms with Gasteiger partial charge >= 0.3 is 5.97 Å². The largest absolute Gasteiger partial charge is 0.493 e. The Hall–Kier alpha value is -3.10. The molecule has 0 spiro atoms. The number of rotatable bonds is 6. The molecule has 0 N–H and O–H groups in total. The minimum Gasteiger partial charge on any atom is -0.493 e. The topological polar surface area (TPSA) is 79.1 Å². The van der Waals surface area contributed by atoms with E-state index in [9.17, 15) is 9.59 Å². The molecule has 0 saturated heterocycles. The molecule has 3 aromatic rings. The van der Waals surface area contributed by atoms with E-state index in [1.807, 2.05) is 6.07 Å². The molecule has 0 unspecified atom stereocenters. The Balaban J connectivity index is 2.08. The Morgan fingerprint density at radius 1 is 1.13 bits per heavy atom. The summed E-state index contributed by atoms with van der Waals surface area (Å²) in [5, 5.41) is 0.531. The molecule has 7 nitrogen and oxygen atoms in total. The maximum absolute atomic E-state index is 12.5. The third kappa shape index (κ3) is 4.72. The highest BCUT2D eigenvalue weighted by Gasteiger charge is 2.15. The van der Waals surface area contributed by atoms with Crippen LogP contribution < -0.4 is 14.3 Å².